The molecule has 1 aliphatic heterocycles. The first kappa shape index (κ1) is 16.1. The van der Waals surface area contributed by atoms with E-state index in [0.717, 1.165) is 0 Å². The Morgan fingerprint density at radius 2 is 2.29 bits per heavy atom. The standard InChI is InChI=1S/C16H16FN3O4/c1-9-6-10(2-3-11(9)17)7-18-15(22)13-14(21)16(23)20-4-5-24-8-12(20)19-13/h2-3,6,21H,4-5,7-8H2,1H3,(H,18,22). The largest absolute Gasteiger partial charge is 0.501 e. The number of halogens is 1. The number of benzene rings is 1. The zero-order valence-electron chi connectivity index (χ0n) is 13.0. The van der Waals surface area contributed by atoms with Crippen LogP contribution in [0.2, 0.25) is 0 Å². The van der Waals surface area contributed by atoms with Crippen LogP contribution in [0.15, 0.2) is 23.0 Å². The average Bonchev–Trinajstić information content (AvgIpc) is 2.59. The summed E-state index contributed by atoms with van der Waals surface area (Å²) in [5.74, 6) is -1.40. The van der Waals surface area contributed by atoms with Crippen LogP contribution in [0.4, 0.5) is 4.39 Å². The molecule has 0 bridgehead atoms. The normalized spacial score (nSPS) is 13.4. The van der Waals surface area contributed by atoms with Crippen LogP contribution in [0.5, 0.6) is 5.75 Å². The highest BCUT2D eigenvalue weighted by molar-refractivity contribution is 5.94. The van der Waals surface area contributed by atoms with Crippen LogP contribution >= 0.6 is 0 Å². The van der Waals surface area contributed by atoms with Crippen molar-refractivity contribution in [2.75, 3.05) is 6.61 Å². The number of nitrogens with one attached hydrogen (secondary N) is 1. The minimum absolute atomic E-state index is 0.104. The summed E-state index contributed by atoms with van der Waals surface area (Å²) < 4.78 is 19.7. The maximum atomic E-state index is 13.2. The van der Waals surface area contributed by atoms with Crippen LogP contribution in [-0.2, 0) is 24.4 Å². The Morgan fingerprint density at radius 1 is 1.50 bits per heavy atom. The predicted octanol–water partition coefficient (Wildman–Crippen LogP) is 0.857. The molecule has 3 rings (SSSR count). The lowest BCUT2D eigenvalue weighted by Gasteiger charge is -2.18. The number of aromatic hydroxyl groups is 1. The third-order valence-corrected chi connectivity index (χ3v) is 3.81. The molecule has 0 fully saturated rings. The minimum atomic E-state index is -0.687. The Labute approximate surface area is 136 Å². The number of aromatic nitrogens is 2. The molecule has 126 valence electrons. The van der Waals surface area contributed by atoms with Crippen molar-refractivity contribution < 1.29 is 19.0 Å². The van der Waals surface area contributed by atoms with Crippen LogP contribution in [0.1, 0.15) is 27.4 Å². The van der Waals surface area contributed by atoms with Gasteiger partial charge in [0.25, 0.3) is 11.5 Å². The molecule has 7 nitrogen and oxygen atoms in total. The molecule has 2 N–H and O–H groups in total. The second-order valence-corrected chi connectivity index (χ2v) is 5.50. The molecule has 0 spiro atoms. The molecule has 1 aromatic carbocycles. The number of amides is 1. The van der Waals surface area contributed by atoms with Gasteiger partial charge in [0, 0.05) is 6.54 Å². The van der Waals surface area contributed by atoms with Crippen molar-refractivity contribution in [3.05, 3.63) is 57.0 Å². The van der Waals surface area contributed by atoms with E-state index in [1.54, 1.807) is 19.1 Å². The van der Waals surface area contributed by atoms with Crippen LogP contribution in [0, 0.1) is 12.7 Å². The zero-order valence-corrected chi connectivity index (χ0v) is 13.0. The average molecular weight is 333 g/mol. The van der Waals surface area contributed by atoms with Crippen LogP contribution in [0.25, 0.3) is 0 Å². The first-order chi connectivity index (χ1) is 11.5. The molecule has 0 saturated heterocycles. The molecule has 0 unspecified atom stereocenters. The summed E-state index contributed by atoms with van der Waals surface area (Å²) in [4.78, 5) is 28.4. The third-order valence-electron chi connectivity index (χ3n) is 3.81. The monoisotopic (exact) mass is 333 g/mol. The second-order valence-electron chi connectivity index (χ2n) is 5.50. The van der Waals surface area contributed by atoms with E-state index in [2.05, 4.69) is 10.3 Å². The molecule has 0 saturated carbocycles. The topological polar surface area (TPSA) is 93.5 Å². The van der Waals surface area contributed by atoms with Crippen molar-refractivity contribution >= 4 is 5.91 Å². The number of carbonyl (C=O) groups is 1. The summed E-state index contributed by atoms with van der Waals surface area (Å²) in [5.41, 5.74) is 0.160. The molecule has 1 amide bonds. The fraction of sp³-hybridized carbons (Fsp3) is 0.312. The molecular weight excluding hydrogens is 317 g/mol. The quantitative estimate of drug-likeness (QED) is 0.869. The van der Waals surface area contributed by atoms with Gasteiger partial charge in [0.05, 0.1) is 13.2 Å². The number of carbonyl (C=O) groups excluding carboxylic acids is 1. The first-order valence-electron chi connectivity index (χ1n) is 7.41. The van der Waals surface area contributed by atoms with E-state index < -0.39 is 17.2 Å². The highest BCUT2D eigenvalue weighted by Gasteiger charge is 2.22. The van der Waals surface area contributed by atoms with Crippen molar-refractivity contribution in [3.63, 3.8) is 0 Å². The van der Waals surface area contributed by atoms with Gasteiger partial charge < -0.3 is 15.2 Å². The first-order valence-corrected chi connectivity index (χ1v) is 7.41. The second kappa shape index (κ2) is 6.40. The van der Waals surface area contributed by atoms with E-state index >= 15 is 0 Å². The molecule has 0 atom stereocenters. The Bertz CT molecular complexity index is 863. The van der Waals surface area contributed by atoms with E-state index in [1.807, 2.05) is 0 Å². The van der Waals surface area contributed by atoms with Gasteiger partial charge in [-0.25, -0.2) is 9.37 Å². The molecule has 8 heteroatoms. The molecule has 2 heterocycles. The maximum absolute atomic E-state index is 13.2. The lowest BCUT2D eigenvalue weighted by molar-refractivity contribution is 0.0764. The van der Waals surface area contributed by atoms with Gasteiger partial charge in [0.1, 0.15) is 18.2 Å². The van der Waals surface area contributed by atoms with Crippen molar-refractivity contribution in [3.8, 4) is 5.75 Å². The number of hydrogen-bond donors (Lipinski definition) is 2. The third kappa shape index (κ3) is 3.00. The molecule has 1 aromatic heterocycles. The van der Waals surface area contributed by atoms with Gasteiger partial charge in [-0.3, -0.25) is 14.2 Å². The highest BCUT2D eigenvalue weighted by Crippen LogP contribution is 2.14. The van der Waals surface area contributed by atoms with Gasteiger partial charge in [-0.15, -0.1) is 0 Å². The Hall–Kier alpha value is -2.74. The van der Waals surface area contributed by atoms with Crippen molar-refractivity contribution in [2.24, 2.45) is 0 Å². The zero-order chi connectivity index (χ0) is 17.3. The van der Waals surface area contributed by atoms with Gasteiger partial charge in [-0.1, -0.05) is 12.1 Å². The molecule has 24 heavy (non-hydrogen) atoms. The molecule has 2 aromatic rings. The number of rotatable bonds is 3. The van der Waals surface area contributed by atoms with Gasteiger partial charge in [-0.2, -0.15) is 0 Å². The van der Waals surface area contributed by atoms with Crippen LogP contribution < -0.4 is 10.9 Å². The molecule has 0 radical (unpaired) electrons. The van der Waals surface area contributed by atoms with Crippen LogP contribution in [-0.4, -0.2) is 27.2 Å². The van der Waals surface area contributed by atoms with Gasteiger partial charge in [-0.05, 0) is 24.1 Å². The number of nitrogens with zero attached hydrogens (tertiary/aromatic N) is 2. The fourth-order valence-corrected chi connectivity index (χ4v) is 2.49. The predicted molar refractivity (Wildman–Crippen MR) is 82.1 cm³/mol. The van der Waals surface area contributed by atoms with Crippen LogP contribution in [0.3, 0.4) is 0 Å². The SMILES string of the molecule is Cc1cc(CNC(=O)c2nc3n(c(=O)c2O)CCOC3)ccc1F. The van der Waals surface area contributed by atoms with E-state index in [4.69, 9.17) is 4.74 Å². The molecular formula is C16H16FN3O4. The number of ether oxygens (including phenoxy) is 1. The van der Waals surface area contributed by atoms with Gasteiger partial charge in [0.2, 0.25) is 5.75 Å². The number of hydrogen-bond acceptors (Lipinski definition) is 5. The number of aryl methyl sites for hydroxylation is 1. The summed E-state index contributed by atoms with van der Waals surface area (Å²) in [6, 6.07) is 4.47. The lowest BCUT2D eigenvalue weighted by atomic mass is 10.1. The van der Waals surface area contributed by atoms with E-state index in [-0.39, 0.29) is 31.2 Å². The van der Waals surface area contributed by atoms with Crippen molar-refractivity contribution in [2.45, 2.75) is 26.6 Å². The Morgan fingerprint density at radius 3 is 3.04 bits per heavy atom. The summed E-state index contributed by atoms with van der Waals surface area (Å²) in [5, 5.41) is 12.5. The van der Waals surface area contributed by atoms with E-state index in [0.29, 0.717) is 23.6 Å². The molecule has 1 aliphatic rings. The summed E-state index contributed by atoms with van der Waals surface area (Å²) in [6.45, 7) is 2.48. The fourth-order valence-electron chi connectivity index (χ4n) is 2.49. The maximum Gasteiger partial charge on any atom is 0.296 e. The summed E-state index contributed by atoms with van der Waals surface area (Å²) in [7, 11) is 0. The Balaban J connectivity index is 1.81. The van der Waals surface area contributed by atoms with Crippen molar-refractivity contribution in [1.29, 1.82) is 0 Å². The summed E-state index contributed by atoms with van der Waals surface area (Å²) >= 11 is 0. The number of fused-ring (bicyclic) bond motifs is 1. The van der Waals surface area contributed by atoms with Crippen molar-refractivity contribution in [1.82, 2.24) is 14.9 Å². The Kier molecular flexibility index (Phi) is 4.30. The van der Waals surface area contributed by atoms with E-state index in [9.17, 15) is 19.1 Å². The lowest BCUT2D eigenvalue weighted by Crippen LogP contribution is -2.34. The smallest absolute Gasteiger partial charge is 0.296 e. The van der Waals surface area contributed by atoms with Gasteiger partial charge >= 0.3 is 0 Å². The summed E-state index contributed by atoms with van der Waals surface area (Å²) in [6.07, 6.45) is 0. The molecule has 0 aliphatic carbocycles. The van der Waals surface area contributed by atoms with E-state index in [1.165, 1.54) is 10.6 Å². The van der Waals surface area contributed by atoms with Gasteiger partial charge in [0.15, 0.2) is 5.69 Å². The minimum Gasteiger partial charge on any atom is -0.501 e. The highest BCUT2D eigenvalue weighted by atomic mass is 19.1.